The van der Waals surface area contributed by atoms with Gasteiger partial charge in [0, 0.05) is 23.9 Å². The van der Waals surface area contributed by atoms with Crippen LogP contribution in [0.3, 0.4) is 0 Å². The standard InChI is InChI=1S/C22H26F2N4O2/c1-15(22(29)26-17-9-10-19(23)20(24)13-17)30-27-21(25)18-8-4-3-7-16(18)14-28-11-5-2-6-12-28/h3-4,7-10,13,15H,2,5-6,11-12,14H2,1H3,(H2,25,27)(H,26,29). The van der Waals surface area contributed by atoms with Crippen LogP contribution in [0.4, 0.5) is 14.5 Å². The highest BCUT2D eigenvalue weighted by Gasteiger charge is 2.17. The van der Waals surface area contributed by atoms with Crippen molar-refractivity contribution >= 4 is 17.4 Å². The number of amides is 1. The van der Waals surface area contributed by atoms with Crippen LogP contribution in [0.15, 0.2) is 47.6 Å². The molecule has 0 spiro atoms. The van der Waals surface area contributed by atoms with Gasteiger partial charge in [-0.1, -0.05) is 35.8 Å². The Hall–Kier alpha value is -3.00. The van der Waals surface area contributed by atoms with Gasteiger partial charge in [0.1, 0.15) is 0 Å². The number of hydrogen-bond acceptors (Lipinski definition) is 4. The lowest BCUT2D eigenvalue weighted by Crippen LogP contribution is -2.30. The molecule has 0 aliphatic carbocycles. The van der Waals surface area contributed by atoms with Crippen LogP contribution < -0.4 is 11.1 Å². The summed E-state index contributed by atoms with van der Waals surface area (Å²) in [6, 6.07) is 10.8. The molecule has 0 bridgehead atoms. The molecule has 1 fully saturated rings. The van der Waals surface area contributed by atoms with E-state index in [2.05, 4.69) is 15.4 Å². The van der Waals surface area contributed by atoms with Crippen molar-refractivity contribution in [2.24, 2.45) is 10.9 Å². The predicted molar refractivity (Wildman–Crippen MR) is 112 cm³/mol. The number of piperidine rings is 1. The van der Waals surface area contributed by atoms with Gasteiger partial charge in [-0.15, -0.1) is 0 Å². The number of nitrogens with one attached hydrogen (secondary N) is 1. The number of carbonyl (C=O) groups excluding carboxylic acids is 1. The Bertz CT molecular complexity index is 914. The van der Waals surface area contributed by atoms with Crippen LogP contribution in [0.1, 0.15) is 37.3 Å². The first kappa shape index (κ1) is 21.7. The number of amidine groups is 1. The number of rotatable bonds is 7. The molecule has 30 heavy (non-hydrogen) atoms. The summed E-state index contributed by atoms with van der Waals surface area (Å²) in [6.07, 6.45) is 2.67. The summed E-state index contributed by atoms with van der Waals surface area (Å²) in [5, 5.41) is 6.37. The molecule has 3 N–H and O–H groups in total. The number of nitrogens with zero attached hydrogens (tertiary/aromatic N) is 2. The maximum absolute atomic E-state index is 13.3. The normalized spacial score (nSPS) is 16.2. The van der Waals surface area contributed by atoms with E-state index in [0.717, 1.165) is 42.9 Å². The Kier molecular flexibility index (Phi) is 7.35. The van der Waals surface area contributed by atoms with Crippen LogP contribution >= 0.6 is 0 Å². The zero-order valence-electron chi connectivity index (χ0n) is 16.9. The Morgan fingerprint density at radius 2 is 1.90 bits per heavy atom. The zero-order chi connectivity index (χ0) is 21.5. The quantitative estimate of drug-likeness (QED) is 0.411. The van der Waals surface area contributed by atoms with E-state index in [0.29, 0.717) is 0 Å². The van der Waals surface area contributed by atoms with Crippen molar-refractivity contribution in [2.45, 2.75) is 38.8 Å². The molecule has 1 saturated heterocycles. The molecule has 2 aromatic carbocycles. The van der Waals surface area contributed by atoms with Gasteiger partial charge < -0.3 is 15.9 Å². The molecule has 0 radical (unpaired) electrons. The lowest BCUT2D eigenvalue weighted by molar-refractivity contribution is -0.126. The minimum atomic E-state index is -1.05. The summed E-state index contributed by atoms with van der Waals surface area (Å²) in [4.78, 5) is 19.9. The lowest BCUT2D eigenvalue weighted by Gasteiger charge is -2.27. The van der Waals surface area contributed by atoms with Gasteiger partial charge in [0.25, 0.3) is 5.91 Å². The maximum atomic E-state index is 13.3. The minimum absolute atomic E-state index is 0.123. The SMILES string of the molecule is CC(ON=C(N)c1ccccc1CN1CCCCC1)C(=O)Nc1ccc(F)c(F)c1. The van der Waals surface area contributed by atoms with Crippen molar-refractivity contribution in [3.05, 3.63) is 65.2 Å². The average Bonchev–Trinajstić information content (AvgIpc) is 2.75. The van der Waals surface area contributed by atoms with E-state index in [4.69, 9.17) is 10.6 Å². The van der Waals surface area contributed by atoms with Crippen molar-refractivity contribution < 1.29 is 18.4 Å². The molecule has 160 valence electrons. The maximum Gasteiger partial charge on any atom is 0.267 e. The summed E-state index contributed by atoms with van der Waals surface area (Å²) in [6.45, 7) is 4.39. The molecule has 0 aromatic heterocycles. The molecule has 6 nitrogen and oxygen atoms in total. The zero-order valence-corrected chi connectivity index (χ0v) is 16.9. The van der Waals surface area contributed by atoms with Crippen LogP contribution in [0, 0.1) is 11.6 Å². The fourth-order valence-electron chi connectivity index (χ4n) is 3.32. The van der Waals surface area contributed by atoms with Crippen molar-refractivity contribution in [1.82, 2.24) is 4.90 Å². The number of halogens is 2. The highest BCUT2D eigenvalue weighted by atomic mass is 19.2. The Balaban J connectivity index is 1.62. The Morgan fingerprint density at radius 1 is 1.17 bits per heavy atom. The van der Waals surface area contributed by atoms with E-state index in [1.165, 1.54) is 32.3 Å². The molecule has 1 amide bonds. The summed E-state index contributed by atoms with van der Waals surface area (Å²) in [5.41, 5.74) is 8.05. The number of likely N-dealkylation sites (tertiary alicyclic amines) is 1. The van der Waals surface area contributed by atoms with Gasteiger partial charge in [-0.25, -0.2) is 8.78 Å². The number of carbonyl (C=O) groups is 1. The molecule has 1 atom stereocenters. The summed E-state index contributed by atoms with van der Waals surface area (Å²) < 4.78 is 26.3. The largest absolute Gasteiger partial charge is 0.381 e. The number of oxime groups is 1. The number of hydrogen-bond donors (Lipinski definition) is 2. The second-order valence-electron chi connectivity index (χ2n) is 7.34. The molecular weight excluding hydrogens is 390 g/mol. The topological polar surface area (TPSA) is 80.0 Å². The van der Waals surface area contributed by atoms with Crippen molar-refractivity contribution in [1.29, 1.82) is 0 Å². The molecule has 1 aliphatic heterocycles. The summed E-state index contributed by atoms with van der Waals surface area (Å²) in [7, 11) is 0. The van der Waals surface area contributed by atoms with E-state index in [1.54, 1.807) is 0 Å². The minimum Gasteiger partial charge on any atom is -0.381 e. The molecule has 0 saturated carbocycles. The third-order valence-electron chi connectivity index (χ3n) is 5.00. The van der Waals surface area contributed by atoms with Gasteiger partial charge in [0.15, 0.2) is 17.5 Å². The Morgan fingerprint density at radius 3 is 2.63 bits per heavy atom. The van der Waals surface area contributed by atoms with Gasteiger partial charge in [-0.05, 0) is 50.6 Å². The van der Waals surface area contributed by atoms with Gasteiger partial charge in [-0.3, -0.25) is 9.69 Å². The summed E-state index contributed by atoms with van der Waals surface area (Å²) in [5.74, 6) is -2.42. The predicted octanol–water partition coefficient (Wildman–Crippen LogP) is 3.61. The van der Waals surface area contributed by atoms with Crippen molar-refractivity contribution in [2.75, 3.05) is 18.4 Å². The monoisotopic (exact) mass is 416 g/mol. The first-order valence-corrected chi connectivity index (χ1v) is 10.00. The van der Waals surface area contributed by atoms with E-state index >= 15 is 0 Å². The second kappa shape index (κ2) is 10.2. The Labute approximate surface area is 174 Å². The van der Waals surface area contributed by atoms with Crippen LogP contribution in [0.25, 0.3) is 0 Å². The molecule has 3 rings (SSSR count). The molecule has 1 unspecified atom stereocenters. The van der Waals surface area contributed by atoms with Gasteiger partial charge in [0.2, 0.25) is 6.10 Å². The van der Waals surface area contributed by atoms with Gasteiger partial charge in [-0.2, -0.15) is 0 Å². The van der Waals surface area contributed by atoms with Crippen LogP contribution in [0.2, 0.25) is 0 Å². The molecule has 8 heteroatoms. The van der Waals surface area contributed by atoms with Crippen molar-refractivity contribution in [3.63, 3.8) is 0 Å². The molecule has 2 aromatic rings. The fourth-order valence-corrected chi connectivity index (χ4v) is 3.32. The number of anilines is 1. The van der Waals surface area contributed by atoms with Crippen LogP contribution in [0.5, 0.6) is 0 Å². The highest BCUT2D eigenvalue weighted by molar-refractivity contribution is 5.98. The van der Waals surface area contributed by atoms with E-state index in [9.17, 15) is 13.6 Å². The molecular formula is C22H26F2N4O2. The first-order chi connectivity index (χ1) is 14.4. The summed E-state index contributed by atoms with van der Waals surface area (Å²) >= 11 is 0. The van der Waals surface area contributed by atoms with Crippen LogP contribution in [-0.4, -0.2) is 35.8 Å². The highest BCUT2D eigenvalue weighted by Crippen LogP contribution is 2.17. The van der Waals surface area contributed by atoms with E-state index in [-0.39, 0.29) is 11.5 Å². The van der Waals surface area contributed by atoms with Crippen molar-refractivity contribution in [3.8, 4) is 0 Å². The van der Waals surface area contributed by atoms with E-state index < -0.39 is 23.6 Å². The number of nitrogens with two attached hydrogens (primary N) is 1. The first-order valence-electron chi connectivity index (χ1n) is 10.00. The van der Waals surface area contributed by atoms with Crippen LogP contribution in [-0.2, 0) is 16.2 Å². The average molecular weight is 416 g/mol. The molecule has 1 aliphatic rings. The number of benzene rings is 2. The third-order valence-corrected chi connectivity index (χ3v) is 5.00. The second-order valence-corrected chi connectivity index (χ2v) is 7.34. The third kappa shape index (κ3) is 5.76. The van der Waals surface area contributed by atoms with E-state index in [1.807, 2.05) is 24.3 Å². The lowest BCUT2D eigenvalue weighted by atomic mass is 10.0. The fraction of sp³-hybridized carbons (Fsp3) is 0.364. The molecule has 1 heterocycles. The van der Waals surface area contributed by atoms with Gasteiger partial charge in [0.05, 0.1) is 0 Å². The smallest absolute Gasteiger partial charge is 0.267 e. The van der Waals surface area contributed by atoms with Gasteiger partial charge >= 0.3 is 0 Å².